The second-order valence-electron chi connectivity index (χ2n) is 8.09. The zero-order chi connectivity index (χ0) is 22.4. The molecule has 0 unspecified atom stereocenters. The Morgan fingerprint density at radius 3 is 2.48 bits per heavy atom. The molecule has 0 spiro atoms. The van der Waals surface area contributed by atoms with Gasteiger partial charge in [0.1, 0.15) is 0 Å². The quantitative estimate of drug-likeness (QED) is 0.463. The van der Waals surface area contributed by atoms with Crippen molar-refractivity contribution in [3.8, 4) is 5.82 Å². The number of imidazole rings is 1. The number of ether oxygens (including phenoxy) is 2. The van der Waals surface area contributed by atoms with Gasteiger partial charge in [-0.05, 0) is 25.0 Å². The van der Waals surface area contributed by atoms with E-state index in [0.717, 1.165) is 12.8 Å². The first kappa shape index (κ1) is 20.4. The predicted octanol–water partition coefficient (Wildman–Crippen LogP) is 2.69. The van der Waals surface area contributed by atoms with Crippen LogP contribution in [0.2, 0.25) is 0 Å². The Labute approximate surface area is 187 Å². The van der Waals surface area contributed by atoms with Gasteiger partial charge in [0, 0.05) is 26.3 Å². The molecular formula is C21H22F2N8O2. The number of halogens is 2. The van der Waals surface area contributed by atoms with Gasteiger partial charge in [0.25, 0.3) is 6.43 Å². The Hall–Kier alpha value is -3.25. The predicted molar refractivity (Wildman–Crippen MR) is 115 cm³/mol. The zero-order valence-electron chi connectivity index (χ0n) is 17.8. The molecule has 12 heteroatoms. The van der Waals surface area contributed by atoms with Crippen molar-refractivity contribution < 1.29 is 18.3 Å². The van der Waals surface area contributed by atoms with Gasteiger partial charge in [-0.1, -0.05) is 17.3 Å². The number of anilines is 1. The van der Waals surface area contributed by atoms with Crippen molar-refractivity contribution in [1.29, 1.82) is 0 Å². The number of fused-ring (bicyclic) bond motifs is 2. The largest absolute Gasteiger partial charge is 0.381 e. The van der Waals surface area contributed by atoms with Crippen LogP contribution in [0.15, 0.2) is 24.3 Å². The number of morpholine rings is 1. The summed E-state index contributed by atoms with van der Waals surface area (Å²) in [4.78, 5) is 15.7. The number of aromatic nitrogens is 7. The molecule has 6 rings (SSSR count). The molecule has 0 N–H and O–H groups in total. The molecule has 2 saturated heterocycles. The van der Waals surface area contributed by atoms with Crippen LogP contribution >= 0.6 is 0 Å². The van der Waals surface area contributed by atoms with E-state index < -0.39 is 6.43 Å². The highest BCUT2D eigenvalue weighted by Crippen LogP contribution is 2.32. The van der Waals surface area contributed by atoms with Gasteiger partial charge < -0.3 is 14.4 Å². The molecule has 0 amide bonds. The molecule has 2 aliphatic heterocycles. The van der Waals surface area contributed by atoms with E-state index in [9.17, 15) is 8.78 Å². The van der Waals surface area contributed by atoms with Crippen LogP contribution in [0.25, 0.3) is 28.0 Å². The number of para-hydroxylation sites is 2. The summed E-state index contributed by atoms with van der Waals surface area (Å²) in [6.07, 6.45) is -1.23. The second kappa shape index (κ2) is 8.27. The van der Waals surface area contributed by atoms with Gasteiger partial charge in [-0.25, -0.2) is 18.4 Å². The van der Waals surface area contributed by atoms with E-state index in [4.69, 9.17) is 19.4 Å². The molecule has 0 saturated carbocycles. The third-order valence-electron chi connectivity index (χ3n) is 6.12. The normalized spacial score (nSPS) is 18.1. The number of hydrogen-bond acceptors (Lipinski definition) is 8. The van der Waals surface area contributed by atoms with Crippen molar-refractivity contribution in [2.45, 2.75) is 25.3 Å². The lowest BCUT2D eigenvalue weighted by Gasteiger charge is -2.27. The van der Waals surface area contributed by atoms with Crippen LogP contribution in [-0.2, 0) is 9.47 Å². The number of benzene rings is 1. The minimum absolute atomic E-state index is 0.0677. The van der Waals surface area contributed by atoms with Gasteiger partial charge in [0.05, 0.1) is 30.3 Å². The van der Waals surface area contributed by atoms with Gasteiger partial charge in [0.2, 0.25) is 5.95 Å². The summed E-state index contributed by atoms with van der Waals surface area (Å²) >= 11 is 0. The molecule has 0 atom stereocenters. The standard InChI is InChI=1S/C21H22F2N8O2/c22-17(23)20-24-14-3-1-2-4-15(14)30(20)18-16-19(26-21(25-18)29-7-11-33-12-8-29)31(28-27-16)13-5-9-32-10-6-13/h1-4,13,17H,5-12H2. The molecule has 2 aliphatic rings. The highest BCUT2D eigenvalue weighted by Gasteiger charge is 2.28. The zero-order valence-corrected chi connectivity index (χ0v) is 17.8. The summed E-state index contributed by atoms with van der Waals surface area (Å²) in [6, 6.07) is 7.08. The molecule has 172 valence electrons. The van der Waals surface area contributed by atoms with Crippen molar-refractivity contribution in [3.05, 3.63) is 30.1 Å². The molecule has 2 fully saturated rings. The van der Waals surface area contributed by atoms with E-state index in [0.29, 0.717) is 67.7 Å². The van der Waals surface area contributed by atoms with E-state index in [1.807, 2.05) is 4.90 Å². The minimum Gasteiger partial charge on any atom is -0.381 e. The Morgan fingerprint density at radius 2 is 1.70 bits per heavy atom. The van der Waals surface area contributed by atoms with Gasteiger partial charge in [-0.2, -0.15) is 9.97 Å². The molecule has 0 aliphatic carbocycles. The minimum atomic E-state index is -2.79. The van der Waals surface area contributed by atoms with Crippen molar-refractivity contribution in [2.75, 3.05) is 44.4 Å². The van der Waals surface area contributed by atoms with Gasteiger partial charge in [0.15, 0.2) is 22.8 Å². The van der Waals surface area contributed by atoms with Crippen molar-refractivity contribution in [3.63, 3.8) is 0 Å². The smallest absolute Gasteiger partial charge is 0.296 e. The molecule has 0 radical (unpaired) electrons. The molecule has 10 nitrogen and oxygen atoms in total. The number of rotatable bonds is 4. The lowest BCUT2D eigenvalue weighted by Crippen LogP contribution is -2.37. The average Bonchev–Trinajstić information content (AvgIpc) is 3.47. The van der Waals surface area contributed by atoms with E-state index in [2.05, 4.69) is 15.3 Å². The first-order valence-electron chi connectivity index (χ1n) is 11.0. The maximum absolute atomic E-state index is 14.1. The topological polar surface area (TPSA) is 96.0 Å². The fourth-order valence-electron chi connectivity index (χ4n) is 4.45. The first-order valence-corrected chi connectivity index (χ1v) is 11.0. The van der Waals surface area contributed by atoms with E-state index >= 15 is 0 Å². The highest BCUT2D eigenvalue weighted by molar-refractivity contribution is 5.85. The molecular weight excluding hydrogens is 434 g/mol. The van der Waals surface area contributed by atoms with Crippen LogP contribution < -0.4 is 4.90 Å². The van der Waals surface area contributed by atoms with E-state index in [1.165, 1.54) is 4.57 Å². The molecule has 33 heavy (non-hydrogen) atoms. The number of alkyl halides is 2. The van der Waals surface area contributed by atoms with Crippen LogP contribution in [0.3, 0.4) is 0 Å². The van der Waals surface area contributed by atoms with Gasteiger partial charge >= 0.3 is 0 Å². The van der Waals surface area contributed by atoms with Gasteiger partial charge in [-0.3, -0.25) is 4.57 Å². The van der Waals surface area contributed by atoms with Crippen LogP contribution in [0.1, 0.15) is 31.1 Å². The Morgan fingerprint density at radius 1 is 0.939 bits per heavy atom. The van der Waals surface area contributed by atoms with E-state index in [1.54, 1.807) is 28.9 Å². The third kappa shape index (κ3) is 3.49. The Kier molecular flexibility index (Phi) is 5.10. The monoisotopic (exact) mass is 456 g/mol. The third-order valence-corrected chi connectivity index (χ3v) is 6.12. The molecule has 1 aromatic carbocycles. The highest BCUT2D eigenvalue weighted by atomic mass is 19.3. The molecule has 4 aromatic rings. The lowest BCUT2D eigenvalue weighted by atomic mass is 10.1. The number of hydrogen-bond donors (Lipinski definition) is 0. The Bertz CT molecular complexity index is 1290. The SMILES string of the molecule is FC(F)c1nc2ccccc2n1-c1nc(N2CCOCC2)nc2c1nnn2C1CCOCC1. The van der Waals surface area contributed by atoms with Crippen LogP contribution in [-0.4, -0.2) is 74.0 Å². The van der Waals surface area contributed by atoms with Gasteiger partial charge in [-0.15, -0.1) is 5.10 Å². The summed E-state index contributed by atoms with van der Waals surface area (Å²) in [5.41, 5.74) is 1.88. The first-order chi connectivity index (χ1) is 16.2. The fourth-order valence-corrected chi connectivity index (χ4v) is 4.45. The maximum atomic E-state index is 14.1. The summed E-state index contributed by atoms with van der Waals surface area (Å²) in [5.74, 6) is 0.308. The van der Waals surface area contributed by atoms with Crippen LogP contribution in [0.5, 0.6) is 0 Å². The summed E-state index contributed by atoms with van der Waals surface area (Å²) < 4.78 is 42.3. The van der Waals surface area contributed by atoms with Crippen LogP contribution in [0.4, 0.5) is 14.7 Å². The van der Waals surface area contributed by atoms with Crippen molar-refractivity contribution in [2.24, 2.45) is 0 Å². The number of nitrogens with zero attached hydrogens (tertiary/aromatic N) is 8. The van der Waals surface area contributed by atoms with Crippen molar-refractivity contribution in [1.82, 2.24) is 34.5 Å². The fraction of sp³-hybridized carbons (Fsp3) is 0.476. The molecule has 3 aromatic heterocycles. The maximum Gasteiger partial charge on any atom is 0.296 e. The Balaban J connectivity index is 1.61. The summed E-state index contributed by atoms with van der Waals surface area (Å²) in [7, 11) is 0. The summed E-state index contributed by atoms with van der Waals surface area (Å²) in [6.45, 7) is 3.56. The molecule has 0 bridgehead atoms. The second-order valence-corrected chi connectivity index (χ2v) is 8.09. The van der Waals surface area contributed by atoms with E-state index in [-0.39, 0.29) is 17.7 Å². The molecule has 5 heterocycles. The average molecular weight is 456 g/mol. The van der Waals surface area contributed by atoms with Crippen LogP contribution in [0, 0.1) is 0 Å². The lowest BCUT2D eigenvalue weighted by molar-refractivity contribution is 0.0668. The van der Waals surface area contributed by atoms with Crippen molar-refractivity contribution >= 4 is 28.1 Å². The summed E-state index contributed by atoms with van der Waals surface area (Å²) in [5, 5.41) is 8.73.